The van der Waals surface area contributed by atoms with Crippen LogP contribution in [0.15, 0.2) is 0 Å². The number of halogens is 1. The van der Waals surface area contributed by atoms with Crippen LogP contribution in [0.25, 0.3) is 0 Å². The summed E-state index contributed by atoms with van der Waals surface area (Å²) in [6, 6.07) is -0.154. The number of nitrogens with zero attached hydrogens (tertiary/aromatic N) is 1. The first-order valence-electron chi connectivity index (χ1n) is 3.74. The minimum Gasteiger partial charge on any atom is -0.480 e. The fourth-order valence-electron chi connectivity index (χ4n) is 2.06. The van der Waals surface area contributed by atoms with Crippen LogP contribution in [0.4, 0.5) is 0 Å². The fourth-order valence-corrected chi connectivity index (χ4v) is 2.06. The van der Waals surface area contributed by atoms with E-state index in [0.29, 0.717) is 5.92 Å². The van der Waals surface area contributed by atoms with Crippen molar-refractivity contribution in [1.29, 1.82) is 0 Å². The first kappa shape index (κ1) is 8.81. The average molecular weight is 178 g/mol. The molecule has 64 valence electrons. The largest absolute Gasteiger partial charge is 0.480 e. The molecule has 0 aromatic carbocycles. The maximum atomic E-state index is 10.5. The Kier molecular flexibility index (Phi) is 2.40. The van der Waals surface area contributed by atoms with Gasteiger partial charge in [0.2, 0.25) is 0 Å². The molecule has 11 heavy (non-hydrogen) atoms. The van der Waals surface area contributed by atoms with Gasteiger partial charge in [-0.3, -0.25) is 9.69 Å². The smallest absolute Gasteiger partial charge is 0.320 e. The minimum absolute atomic E-state index is 0. The van der Waals surface area contributed by atoms with Crippen molar-refractivity contribution >= 4 is 18.4 Å². The highest BCUT2D eigenvalue weighted by Crippen LogP contribution is 2.32. The van der Waals surface area contributed by atoms with Gasteiger partial charge in [-0.2, -0.15) is 0 Å². The third kappa shape index (κ3) is 1.35. The second-order valence-electron chi connectivity index (χ2n) is 3.24. The summed E-state index contributed by atoms with van der Waals surface area (Å²) in [5.74, 6) is 0.0447. The summed E-state index contributed by atoms with van der Waals surface area (Å²) in [6.45, 7) is 2.03. The standard InChI is InChI=1S/C7H11NO2.ClH/c9-7(10)6-3-5-1-2-8(6)4-5;/h5-6H,1-4H2,(H,9,10);1H/t5-,6-;/m1./s1. The lowest BCUT2D eigenvalue weighted by Gasteiger charge is -2.19. The number of rotatable bonds is 1. The van der Waals surface area contributed by atoms with E-state index in [9.17, 15) is 4.79 Å². The second kappa shape index (κ2) is 2.99. The quantitative estimate of drug-likeness (QED) is 0.638. The Labute approximate surface area is 71.8 Å². The van der Waals surface area contributed by atoms with Crippen molar-refractivity contribution in [2.45, 2.75) is 18.9 Å². The van der Waals surface area contributed by atoms with Gasteiger partial charge in [-0.25, -0.2) is 0 Å². The Hall–Kier alpha value is -0.280. The van der Waals surface area contributed by atoms with Crippen LogP contribution in [0, 0.1) is 5.92 Å². The predicted octanol–water partition coefficient (Wildman–Crippen LogP) is 0.587. The molecule has 2 rings (SSSR count). The van der Waals surface area contributed by atoms with Crippen molar-refractivity contribution in [2.24, 2.45) is 5.92 Å². The van der Waals surface area contributed by atoms with Crippen molar-refractivity contribution in [2.75, 3.05) is 13.1 Å². The zero-order valence-corrected chi connectivity index (χ0v) is 7.01. The van der Waals surface area contributed by atoms with Crippen LogP contribution >= 0.6 is 12.4 Å². The van der Waals surface area contributed by atoms with Crippen LogP contribution in [-0.2, 0) is 4.79 Å². The summed E-state index contributed by atoms with van der Waals surface area (Å²) < 4.78 is 0. The predicted molar refractivity (Wildman–Crippen MR) is 43.0 cm³/mol. The van der Waals surface area contributed by atoms with Gasteiger partial charge in [0.1, 0.15) is 6.04 Å². The van der Waals surface area contributed by atoms with Crippen LogP contribution in [0.2, 0.25) is 0 Å². The van der Waals surface area contributed by atoms with Gasteiger partial charge in [-0.1, -0.05) is 0 Å². The summed E-state index contributed by atoms with van der Waals surface area (Å²) in [5, 5.41) is 8.69. The number of carbonyl (C=O) groups is 1. The second-order valence-corrected chi connectivity index (χ2v) is 3.24. The lowest BCUT2D eigenvalue weighted by molar-refractivity contribution is -0.142. The molecule has 3 nitrogen and oxygen atoms in total. The van der Waals surface area contributed by atoms with Gasteiger partial charge in [0.25, 0.3) is 0 Å². The van der Waals surface area contributed by atoms with E-state index >= 15 is 0 Å². The molecule has 3 atom stereocenters. The Morgan fingerprint density at radius 3 is 2.55 bits per heavy atom. The van der Waals surface area contributed by atoms with E-state index < -0.39 is 5.97 Å². The summed E-state index contributed by atoms with van der Waals surface area (Å²) >= 11 is 0. The van der Waals surface area contributed by atoms with E-state index in [1.54, 1.807) is 0 Å². The molecule has 0 amide bonds. The van der Waals surface area contributed by atoms with E-state index in [1.807, 2.05) is 0 Å². The Morgan fingerprint density at radius 1 is 1.55 bits per heavy atom. The number of hydrogen-bond acceptors (Lipinski definition) is 2. The molecule has 2 aliphatic heterocycles. The zero-order chi connectivity index (χ0) is 7.14. The number of hydrogen-bond donors (Lipinski definition) is 1. The molecular weight excluding hydrogens is 166 g/mol. The number of piperidine rings is 1. The van der Waals surface area contributed by atoms with Crippen LogP contribution in [-0.4, -0.2) is 35.1 Å². The topological polar surface area (TPSA) is 40.5 Å². The monoisotopic (exact) mass is 177 g/mol. The Balaban J connectivity index is 0.000000605. The SMILES string of the molecule is Cl.O=C(O)[C@H]1C[C@H]2CCN1C2. The van der Waals surface area contributed by atoms with Gasteiger partial charge in [-0.15, -0.1) is 12.4 Å². The van der Waals surface area contributed by atoms with Gasteiger partial charge >= 0.3 is 5.97 Å². The maximum Gasteiger partial charge on any atom is 0.320 e. The highest BCUT2D eigenvalue weighted by Gasteiger charge is 2.40. The lowest BCUT2D eigenvalue weighted by atomic mass is 10.0. The summed E-state index contributed by atoms with van der Waals surface area (Å²) in [5.41, 5.74) is 0. The highest BCUT2D eigenvalue weighted by molar-refractivity contribution is 5.85. The molecule has 1 unspecified atom stereocenters. The third-order valence-corrected chi connectivity index (χ3v) is 2.60. The number of carboxylic acid groups (broad SMARTS) is 1. The van der Waals surface area contributed by atoms with Crippen LogP contribution in [0.5, 0.6) is 0 Å². The van der Waals surface area contributed by atoms with E-state index in [-0.39, 0.29) is 18.4 Å². The first-order valence-corrected chi connectivity index (χ1v) is 3.74. The third-order valence-electron chi connectivity index (χ3n) is 2.60. The van der Waals surface area contributed by atoms with Gasteiger partial charge in [-0.05, 0) is 25.3 Å². The molecule has 2 aliphatic rings. The molecule has 1 N–H and O–H groups in total. The minimum atomic E-state index is -0.637. The van der Waals surface area contributed by atoms with Crippen molar-refractivity contribution in [3.05, 3.63) is 0 Å². The molecule has 2 heterocycles. The van der Waals surface area contributed by atoms with Gasteiger partial charge in [0, 0.05) is 6.54 Å². The van der Waals surface area contributed by atoms with Crippen molar-refractivity contribution < 1.29 is 9.90 Å². The molecule has 0 spiro atoms. The van der Waals surface area contributed by atoms with Gasteiger partial charge in [0.15, 0.2) is 0 Å². The van der Waals surface area contributed by atoms with Gasteiger partial charge in [0.05, 0.1) is 0 Å². The highest BCUT2D eigenvalue weighted by atomic mass is 35.5. The summed E-state index contributed by atoms with van der Waals surface area (Å²) in [7, 11) is 0. The van der Waals surface area contributed by atoms with Gasteiger partial charge < -0.3 is 5.11 Å². The van der Waals surface area contributed by atoms with Crippen LogP contribution in [0.1, 0.15) is 12.8 Å². The fraction of sp³-hybridized carbons (Fsp3) is 0.857. The number of aliphatic carboxylic acids is 1. The summed E-state index contributed by atoms with van der Waals surface area (Å²) in [4.78, 5) is 12.6. The molecule has 2 bridgehead atoms. The molecule has 2 fully saturated rings. The molecule has 0 aromatic heterocycles. The molecule has 0 aromatic rings. The zero-order valence-electron chi connectivity index (χ0n) is 6.19. The van der Waals surface area contributed by atoms with Crippen LogP contribution in [0.3, 0.4) is 0 Å². The average Bonchev–Trinajstić information content (AvgIpc) is 2.44. The van der Waals surface area contributed by atoms with Crippen LogP contribution < -0.4 is 0 Å². The van der Waals surface area contributed by atoms with Crippen molar-refractivity contribution in [3.8, 4) is 0 Å². The normalized spacial score (nSPS) is 40.2. The number of carboxylic acids is 1. The van der Waals surface area contributed by atoms with Crippen molar-refractivity contribution in [3.63, 3.8) is 0 Å². The number of fused-ring (bicyclic) bond motifs is 2. The molecular formula is C7H12ClNO2. The Morgan fingerprint density at radius 2 is 2.27 bits per heavy atom. The van der Waals surface area contributed by atoms with E-state index in [1.165, 1.54) is 6.42 Å². The van der Waals surface area contributed by atoms with E-state index in [4.69, 9.17) is 5.11 Å². The summed E-state index contributed by atoms with van der Waals surface area (Å²) in [6.07, 6.45) is 2.10. The van der Waals surface area contributed by atoms with E-state index in [2.05, 4.69) is 4.90 Å². The molecule has 2 saturated heterocycles. The lowest BCUT2D eigenvalue weighted by Crippen LogP contribution is -2.36. The van der Waals surface area contributed by atoms with Crippen molar-refractivity contribution in [1.82, 2.24) is 4.90 Å². The molecule has 0 aliphatic carbocycles. The molecule has 0 saturated carbocycles. The first-order chi connectivity index (χ1) is 4.77. The maximum absolute atomic E-state index is 10.5. The Bertz CT molecular complexity index is 174. The molecule has 4 heteroatoms. The van der Waals surface area contributed by atoms with E-state index in [0.717, 1.165) is 19.5 Å². The molecule has 0 radical (unpaired) electrons.